The van der Waals surface area contributed by atoms with Gasteiger partial charge in [-0.15, -0.1) is 0 Å². The smallest absolute Gasteiger partial charge is 0.159 e. The number of nitrogens with zero attached hydrogens (tertiary/aromatic N) is 1. The van der Waals surface area contributed by atoms with Crippen molar-refractivity contribution in [3.8, 4) is 17.6 Å². The fourth-order valence-electron chi connectivity index (χ4n) is 3.80. The van der Waals surface area contributed by atoms with Gasteiger partial charge in [-0.1, -0.05) is 37.7 Å². The minimum absolute atomic E-state index is 0.341. The first kappa shape index (κ1) is 25.2. The number of unbranched alkanes of at least 4 members (excludes halogenated alkanes) is 2. The number of hydrogen-bond acceptors (Lipinski definition) is 2. The van der Waals surface area contributed by atoms with Crippen LogP contribution >= 0.6 is 0 Å². The van der Waals surface area contributed by atoms with Crippen molar-refractivity contribution in [1.29, 1.82) is 0 Å². The van der Waals surface area contributed by atoms with Crippen molar-refractivity contribution >= 4 is 10.8 Å². The van der Waals surface area contributed by atoms with Gasteiger partial charge in [0.15, 0.2) is 11.6 Å². The molecule has 6 heteroatoms. The molecule has 0 aliphatic heterocycles. The highest BCUT2D eigenvalue weighted by Gasteiger charge is 2.10. The lowest BCUT2D eigenvalue weighted by Crippen LogP contribution is -2.00. The van der Waals surface area contributed by atoms with Crippen LogP contribution in [-0.4, -0.2) is 11.6 Å². The van der Waals surface area contributed by atoms with Gasteiger partial charge in [-0.2, -0.15) is 0 Å². The van der Waals surface area contributed by atoms with E-state index in [1.165, 1.54) is 12.1 Å². The molecule has 0 bridgehead atoms. The number of hydrogen-bond donors (Lipinski definition) is 0. The van der Waals surface area contributed by atoms with Crippen LogP contribution in [0.2, 0.25) is 0 Å². The molecule has 4 rings (SSSR count). The van der Waals surface area contributed by atoms with E-state index in [2.05, 4.69) is 23.7 Å². The van der Waals surface area contributed by atoms with E-state index in [1.54, 1.807) is 24.4 Å². The number of rotatable bonds is 8. The molecule has 1 aromatic heterocycles. The zero-order valence-corrected chi connectivity index (χ0v) is 19.9. The lowest BCUT2D eigenvalue weighted by atomic mass is 10.0. The highest BCUT2D eigenvalue weighted by molar-refractivity contribution is 5.84. The molecule has 0 N–H and O–H groups in total. The monoisotopic (exact) mass is 491 g/mol. The van der Waals surface area contributed by atoms with Gasteiger partial charge in [0, 0.05) is 11.3 Å². The summed E-state index contributed by atoms with van der Waals surface area (Å²) in [5.74, 6) is 2.52. The highest BCUT2D eigenvalue weighted by Crippen LogP contribution is 2.21. The maximum atomic E-state index is 14.7. The van der Waals surface area contributed by atoms with Gasteiger partial charge in [0.05, 0.1) is 18.4 Å². The van der Waals surface area contributed by atoms with Gasteiger partial charge in [0.25, 0.3) is 0 Å². The minimum Gasteiger partial charge on any atom is -0.492 e. The van der Waals surface area contributed by atoms with Crippen LogP contribution in [0.4, 0.5) is 17.6 Å². The van der Waals surface area contributed by atoms with Gasteiger partial charge < -0.3 is 4.74 Å². The predicted molar refractivity (Wildman–Crippen MR) is 133 cm³/mol. The van der Waals surface area contributed by atoms with Gasteiger partial charge in [0.2, 0.25) is 0 Å². The molecule has 0 aliphatic rings. The second-order valence-corrected chi connectivity index (χ2v) is 8.55. The van der Waals surface area contributed by atoms with Crippen molar-refractivity contribution in [3.63, 3.8) is 0 Å². The first-order valence-corrected chi connectivity index (χ1v) is 11.9. The molecule has 0 saturated carbocycles. The van der Waals surface area contributed by atoms with E-state index in [0.717, 1.165) is 37.1 Å². The van der Waals surface area contributed by atoms with Crippen molar-refractivity contribution in [2.24, 2.45) is 0 Å². The Kier molecular flexibility index (Phi) is 8.22. The number of ether oxygens (including phenoxy) is 1. The van der Waals surface area contributed by atoms with Crippen LogP contribution in [-0.2, 0) is 12.8 Å². The molecular weight excluding hydrogens is 466 g/mol. The van der Waals surface area contributed by atoms with Gasteiger partial charge in [-0.25, -0.2) is 17.6 Å². The summed E-state index contributed by atoms with van der Waals surface area (Å²) >= 11 is 0. The molecule has 0 aliphatic carbocycles. The van der Waals surface area contributed by atoms with Crippen molar-refractivity contribution in [3.05, 3.63) is 106 Å². The molecule has 184 valence electrons. The maximum absolute atomic E-state index is 14.7. The normalized spacial score (nSPS) is 10.8. The molecule has 0 fully saturated rings. The van der Waals surface area contributed by atoms with Crippen LogP contribution in [0.1, 0.15) is 48.6 Å². The van der Waals surface area contributed by atoms with Crippen LogP contribution in [0.5, 0.6) is 5.75 Å². The number of aryl methyl sites for hydroxylation is 2. The lowest BCUT2D eigenvalue weighted by Gasteiger charge is -2.07. The third-order valence-electron chi connectivity index (χ3n) is 5.80. The fourth-order valence-corrected chi connectivity index (χ4v) is 3.80. The third kappa shape index (κ3) is 6.42. The Hall–Kier alpha value is -3.85. The van der Waals surface area contributed by atoms with Gasteiger partial charge in [-0.05, 0) is 84.1 Å². The number of halogens is 4. The Labute approximate surface area is 208 Å². The molecule has 1 heterocycles. The van der Waals surface area contributed by atoms with E-state index >= 15 is 0 Å². The Morgan fingerprint density at radius 3 is 2.19 bits per heavy atom. The first-order chi connectivity index (χ1) is 17.4. The summed E-state index contributed by atoms with van der Waals surface area (Å²) in [7, 11) is 0. The first-order valence-electron chi connectivity index (χ1n) is 11.9. The van der Waals surface area contributed by atoms with E-state index in [4.69, 9.17) is 4.74 Å². The van der Waals surface area contributed by atoms with Crippen LogP contribution in [0.3, 0.4) is 0 Å². The van der Waals surface area contributed by atoms with E-state index in [1.807, 2.05) is 12.1 Å². The summed E-state index contributed by atoms with van der Waals surface area (Å²) in [6.45, 7) is 2.79. The third-order valence-corrected chi connectivity index (χ3v) is 5.80. The highest BCUT2D eigenvalue weighted by atomic mass is 19.2. The summed E-state index contributed by atoms with van der Waals surface area (Å²) in [5, 5.41) is 0.950. The van der Waals surface area contributed by atoms with Crippen LogP contribution < -0.4 is 4.74 Å². The molecule has 4 aromatic rings. The quantitative estimate of drug-likeness (QED) is 0.144. The van der Waals surface area contributed by atoms with Crippen LogP contribution in [0.25, 0.3) is 10.8 Å². The molecule has 0 unspecified atom stereocenters. The Morgan fingerprint density at radius 1 is 0.750 bits per heavy atom. The number of benzene rings is 3. The molecular formula is C30H25F4NO. The minimum atomic E-state index is -0.970. The molecule has 0 atom stereocenters. The second-order valence-electron chi connectivity index (χ2n) is 8.55. The molecule has 0 amide bonds. The molecule has 36 heavy (non-hydrogen) atoms. The number of pyridine rings is 1. The zero-order valence-electron chi connectivity index (χ0n) is 19.9. The predicted octanol–water partition coefficient (Wildman–Crippen LogP) is 7.55. The molecule has 0 saturated heterocycles. The Bertz CT molecular complexity index is 1400. The van der Waals surface area contributed by atoms with Crippen molar-refractivity contribution in [2.45, 2.75) is 39.0 Å². The van der Waals surface area contributed by atoms with E-state index in [-0.39, 0.29) is 5.56 Å². The average molecular weight is 492 g/mol. The van der Waals surface area contributed by atoms with E-state index in [9.17, 15) is 17.6 Å². The van der Waals surface area contributed by atoms with Crippen molar-refractivity contribution in [1.82, 2.24) is 4.98 Å². The largest absolute Gasteiger partial charge is 0.492 e. The topological polar surface area (TPSA) is 22.1 Å². The van der Waals surface area contributed by atoms with Crippen molar-refractivity contribution in [2.75, 3.05) is 6.61 Å². The Balaban J connectivity index is 1.41. The summed E-state index contributed by atoms with van der Waals surface area (Å²) in [6.07, 6.45) is 5.85. The summed E-state index contributed by atoms with van der Waals surface area (Å²) in [6, 6.07) is 13.1. The maximum Gasteiger partial charge on any atom is 0.159 e. The van der Waals surface area contributed by atoms with Crippen LogP contribution in [0, 0.1) is 35.1 Å². The number of fused-ring (bicyclic) bond motifs is 1. The average Bonchev–Trinajstić information content (AvgIpc) is 2.86. The summed E-state index contributed by atoms with van der Waals surface area (Å²) < 4.78 is 61.8. The van der Waals surface area contributed by atoms with Gasteiger partial charge >= 0.3 is 0 Å². The van der Waals surface area contributed by atoms with Crippen LogP contribution in [0.15, 0.2) is 60.8 Å². The van der Waals surface area contributed by atoms with Crippen molar-refractivity contribution < 1.29 is 22.3 Å². The Morgan fingerprint density at radius 2 is 1.50 bits per heavy atom. The fraction of sp³-hybridized carbons (Fsp3) is 0.233. The van der Waals surface area contributed by atoms with E-state index < -0.39 is 23.3 Å². The SMILES string of the molecule is CCCCCOc1ccc(CCc2cc(F)c(C#Cc3ccc4cc(F)c(F)cc4c3)c(F)c2)nc1. The molecule has 0 spiro atoms. The van der Waals surface area contributed by atoms with Gasteiger partial charge in [-0.3, -0.25) is 4.98 Å². The molecule has 0 radical (unpaired) electrons. The van der Waals surface area contributed by atoms with E-state index in [0.29, 0.717) is 47.1 Å². The number of aromatic nitrogens is 1. The second kappa shape index (κ2) is 11.7. The molecule has 3 aromatic carbocycles. The molecule has 2 nitrogen and oxygen atoms in total. The van der Waals surface area contributed by atoms with Gasteiger partial charge in [0.1, 0.15) is 17.4 Å². The zero-order chi connectivity index (χ0) is 25.5. The summed E-state index contributed by atoms with van der Waals surface area (Å²) in [5.41, 5.74) is 1.39. The lowest BCUT2D eigenvalue weighted by molar-refractivity contribution is 0.305. The standard InChI is InChI=1S/C30H25F4NO/c1-2-3-4-13-36-25-11-10-24(35-19-25)9-6-21-15-27(31)26(28(32)16-21)12-7-20-5-8-22-17-29(33)30(34)18-23(22)14-20/h5,8,10-11,14-19H,2-4,6,9,13H2,1H3. The summed E-state index contributed by atoms with van der Waals surface area (Å²) in [4.78, 5) is 4.37.